The summed E-state index contributed by atoms with van der Waals surface area (Å²) in [6.45, 7) is 2.42. The molecule has 36 heavy (non-hydrogen) atoms. The molecule has 0 spiro atoms. The second kappa shape index (κ2) is 10.2. The van der Waals surface area contributed by atoms with Crippen molar-refractivity contribution in [3.63, 3.8) is 0 Å². The number of nitrogens with one attached hydrogen (secondary N) is 1. The molecule has 190 valence electrons. The zero-order chi connectivity index (χ0) is 25.1. The lowest BCUT2D eigenvalue weighted by molar-refractivity contribution is -0.134. The molecule has 0 radical (unpaired) electrons. The van der Waals surface area contributed by atoms with Crippen molar-refractivity contribution >= 4 is 11.8 Å². The monoisotopic (exact) mass is 490 g/mol. The molecule has 1 aromatic carbocycles. The summed E-state index contributed by atoms with van der Waals surface area (Å²) in [6, 6.07) is 13.1. The average molecular weight is 491 g/mol. The second-order valence-corrected chi connectivity index (χ2v) is 10.1. The number of amides is 2. The second-order valence-electron chi connectivity index (χ2n) is 10.1. The van der Waals surface area contributed by atoms with E-state index in [1.807, 2.05) is 37.3 Å². The Kier molecular flexibility index (Phi) is 6.85. The molecular weight excluding hydrogens is 456 g/mol. The van der Waals surface area contributed by atoms with Crippen molar-refractivity contribution in [2.24, 2.45) is 0 Å². The number of benzene rings is 1. The average Bonchev–Trinajstić information content (AvgIpc) is 3.54. The number of fused-ring (bicyclic) bond motifs is 1. The molecule has 3 aromatic rings. The van der Waals surface area contributed by atoms with Crippen LogP contribution in [0.2, 0.25) is 0 Å². The van der Waals surface area contributed by atoms with Crippen LogP contribution >= 0.6 is 0 Å². The first-order valence-electron chi connectivity index (χ1n) is 12.9. The number of hydrogen-bond acceptors (Lipinski definition) is 5. The maximum Gasteiger partial charge on any atom is 0.273 e. The van der Waals surface area contributed by atoms with Gasteiger partial charge in [0.05, 0.1) is 19.9 Å². The number of nitrogens with zero attached hydrogens (tertiary/aromatic N) is 3. The summed E-state index contributed by atoms with van der Waals surface area (Å²) in [5.74, 6) is 0.982. The first-order valence-corrected chi connectivity index (χ1v) is 12.9. The van der Waals surface area contributed by atoms with E-state index in [-0.39, 0.29) is 24.4 Å². The summed E-state index contributed by atoms with van der Waals surface area (Å²) < 4.78 is 12.4. The van der Waals surface area contributed by atoms with Gasteiger partial charge in [-0.25, -0.2) is 0 Å². The summed E-state index contributed by atoms with van der Waals surface area (Å²) in [6.07, 6.45) is 9.45. The van der Waals surface area contributed by atoms with Gasteiger partial charge in [0.1, 0.15) is 22.7 Å². The van der Waals surface area contributed by atoms with E-state index in [4.69, 9.17) is 9.15 Å². The number of hydrogen-bond donors (Lipinski definition) is 1. The smallest absolute Gasteiger partial charge is 0.273 e. The van der Waals surface area contributed by atoms with Crippen LogP contribution in [-0.4, -0.2) is 45.2 Å². The summed E-state index contributed by atoms with van der Waals surface area (Å²) >= 11 is 0. The van der Waals surface area contributed by atoms with Gasteiger partial charge in [-0.1, -0.05) is 44.2 Å². The third-order valence-corrected chi connectivity index (χ3v) is 7.50. The Hall–Kier alpha value is -3.55. The van der Waals surface area contributed by atoms with E-state index in [1.54, 1.807) is 35.1 Å². The van der Waals surface area contributed by atoms with E-state index in [2.05, 4.69) is 10.4 Å². The van der Waals surface area contributed by atoms with Crippen LogP contribution in [0.4, 0.5) is 0 Å². The minimum absolute atomic E-state index is 0.129. The Morgan fingerprint density at radius 1 is 1.14 bits per heavy atom. The molecule has 0 unspecified atom stereocenters. The highest BCUT2D eigenvalue weighted by Crippen LogP contribution is 2.32. The normalized spacial score (nSPS) is 20.9. The quantitative estimate of drug-likeness (QED) is 0.536. The highest BCUT2D eigenvalue weighted by atomic mass is 16.5. The van der Waals surface area contributed by atoms with Crippen LogP contribution in [0.3, 0.4) is 0 Å². The molecular formula is C28H34N4O4. The van der Waals surface area contributed by atoms with E-state index in [0.29, 0.717) is 23.7 Å². The van der Waals surface area contributed by atoms with Crippen molar-refractivity contribution in [1.82, 2.24) is 20.0 Å². The fourth-order valence-electron chi connectivity index (χ4n) is 5.29. The van der Waals surface area contributed by atoms with Gasteiger partial charge in [-0.05, 0) is 49.6 Å². The SMILES string of the molecule is COc1ccc(CN2C(=O)c3cc(-c4ccco4)nn3C[C@]2(C)C(=O)NC2CCCCCCC2)cc1. The fraction of sp³-hybridized carbons (Fsp3) is 0.464. The Morgan fingerprint density at radius 3 is 2.53 bits per heavy atom. The maximum absolute atomic E-state index is 13.9. The number of furan rings is 1. The van der Waals surface area contributed by atoms with E-state index in [9.17, 15) is 9.59 Å². The van der Waals surface area contributed by atoms with Crippen molar-refractivity contribution in [3.05, 3.63) is 60.0 Å². The van der Waals surface area contributed by atoms with Gasteiger partial charge in [0.15, 0.2) is 5.76 Å². The van der Waals surface area contributed by atoms with Crippen molar-refractivity contribution in [3.8, 4) is 17.2 Å². The molecule has 2 amide bonds. The van der Waals surface area contributed by atoms with Gasteiger partial charge in [0.25, 0.3) is 5.91 Å². The molecule has 2 aromatic heterocycles. The van der Waals surface area contributed by atoms with Crippen LogP contribution in [0, 0.1) is 0 Å². The van der Waals surface area contributed by atoms with Crippen LogP contribution in [0.1, 0.15) is 67.9 Å². The third-order valence-electron chi connectivity index (χ3n) is 7.50. The molecule has 0 saturated heterocycles. The molecule has 1 fully saturated rings. The van der Waals surface area contributed by atoms with E-state index in [1.165, 1.54) is 19.3 Å². The molecule has 8 heteroatoms. The number of carbonyl (C=O) groups excluding carboxylic acids is 2. The van der Waals surface area contributed by atoms with E-state index < -0.39 is 5.54 Å². The van der Waals surface area contributed by atoms with Gasteiger partial charge in [0, 0.05) is 18.7 Å². The number of ether oxygens (including phenoxy) is 1. The minimum Gasteiger partial charge on any atom is -0.497 e. The van der Waals surface area contributed by atoms with Gasteiger partial charge in [-0.2, -0.15) is 5.10 Å². The molecule has 3 heterocycles. The van der Waals surface area contributed by atoms with Gasteiger partial charge < -0.3 is 19.4 Å². The lowest BCUT2D eigenvalue weighted by Crippen LogP contribution is -2.64. The zero-order valence-corrected chi connectivity index (χ0v) is 21.0. The molecule has 1 aliphatic heterocycles. The Morgan fingerprint density at radius 2 is 1.86 bits per heavy atom. The molecule has 1 aliphatic carbocycles. The van der Waals surface area contributed by atoms with Crippen molar-refractivity contribution in [2.75, 3.05) is 7.11 Å². The summed E-state index contributed by atoms with van der Waals surface area (Å²) in [4.78, 5) is 29.5. The molecule has 0 bridgehead atoms. The number of methoxy groups -OCH3 is 1. The number of rotatable bonds is 6. The van der Waals surface area contributed by atoms with Gasteiger partial charge >= 0.3 is 0 Å². The topological polar surface area (TPSA) is 89.6 Å². The highest BCUT2D eigenvalue weighted by Gasteiger charge is 2.48. The highest BCUT2D eigenvalue weighted by molar-refractivity contribution is 6.00. The van der Waals surface area contributed by atoms with Crippen LogP contribution in [0.15, 0.2) is 53.1 Å². The van der Waals surface area contributed by atoms with Gasteiger partial charge in [0.2, 0.25) is 5.91 Å². The van der Waals surface area contributed by atoms with Gasteiger partial charge in [-0.15, -0.1) is 0 Å². The predicted molar refractivity (Wildman–Crippen MR) is 135 cm³/mol. The lowest BCUT2D eigenvalue weighted by atomic mass is 9.92. The predicted octanol–water partition coefficient (Wildman–Crippen LogP) is 4.80. The minimum atomic E-state index is -1.10. The zero-order valence-electron chi connectivity index (χ0n) is 21.0. The van der Waals surface area contributed by atoms with Crippen molar-refractivity contribution in [1.29, 1.82) is 0 Å². The lowest BCUT2D eigenvalue weighted by Gasteiger charge is -2.44. The molecule has 2 aliphatic rings. The Bertz CT molecular complexity index is 1190. The molecule has 5 rings (SSSR count). The summed E-state index contributed by atoms with van der Waals surface area (Å²) in [7, 11) is 1.62. The fourth-order valence-corrected chi connectivity index (χ4v) is 5.29. The van der Waals surface area contributed by atoms with Crippen LogP contribution in [-0.2, 0) is 17.9 Å². The summed E-state index contributed by atoms with van der Waals surface area (Å²) in [5, 5.41) is 7.94. The van der Waals surface area contributed by atoms with Crippen LogP contribution < -0.4 is 10.1 Å². The Balaban J connectivity index is 1.47. The Labute approximate surface area is 211 Å². The molecule has 1 N–H and O–H groups in total. The third kappa shape index (κ3) is 4.76. The largest absolute Gasteiger partial charge is 0.497 e. The molecule has 8 nitrogen and oxygen atoms in total. The number of carbonyl (C=O) groups is 2. The number of aromatic nitrogens is 2. The van der Waals surface area contributed by atoms with Crippen LogP contribution in [0.25, 0.3) is 11.5 Å². The maximum atomic E-state index is 13.9. The summed E-state index contributed by atoms with van der Waals surface area (Å²) in [5.41, 5.74) is 0.857. The van der Waals surface area contributed by atoms with Gasteiger partial charge in [-0.3, -0.25) is 14.3 Å². The van der Waals surface area contributed by atoms with E-state index >= 15 is 0 Å². The first kappa shape index (κ1) is 24.2. The van der Waals surface area contributed by atoms with Crippen molar-refractivity contribution in [2.45, 2.75) is 76.5 Å². The molecule has 1 saturated carbocycles. The van der Waals surface area contributed by atoms with Crippen LogP contribution in [0.5, 0.6) is 5.75 Å². The van der Waals surface area contributed by atoms with Crippen molar-refractivity contribution < 1.29 is 18.7 Å². The standard InChI is InChI=1S/C28H34N4O4/c1-28(27(34)29-21-9-6-4-3-5-7-10-21)19-32-24(17-23(30-32)25-11-8-16-36-25)26(33)31(28)18-20-12-14-22(35-2)15-13-20/h8,11-17,21H,3-7,9-10,18-19H2,1-2H3,(H,29,34)/t28-/m1/s1. The first-order chi connectivity index (χ1) is 17.5. The van der Waals surface area contributed by atoms with E-state index in [0.717, 1.165) is 37.0 Å². The molecule has 1 atom stereocenters.